The lowest BCUT2D eigenvalue weighted by Crippen LogP contribution is -2.40. The molecule has 1 fully saturated rings. The van der Waals surface area contributed by atoms with Crippen molar-refractivity contribution in [2.24, 2.45) is 5.92 Å². The van der Waals surface area contributed by atoms with Gasteiger partial charge in [0.1, 0.15) is 0 Å². The summed E-state index contributed by atoms with van der Waals surface area (Å²) in [5.41, 5.74) is 3.32. The van der Waals surface area contributed by atoms with Gasteiger partial charge in [0.2, 0.25) is 5.91 Å². The topological polar surface area (TPSA) is 32.3 Å². The second-order valence-corrected chi connectivity index (χ2v) is 8.10. The van der Waals surface area contributed by atoms with E-state index in [1.54, 1.807) is 0 Å². The largest absolute Gasteiger partial charge is 0.371 e. The van der Waals surface area contributed by atoms with Crippen molar-refractivity contribution < 1.29 is 4.79 Å². The molecule has 0 radical (unpaired) electrons. The van der Waals surface area contributed by atoms with Crippen molar-refractivity contribution in [1.82, 2.24) is 10.2 Å². The molecule has 1 aromatic rings. The molecule has 28 heavy (non-hydrogen) atoms. The molecule has 2 rings (SSSR count). The van der Waals surface area contributed by atoms with E-state index in [2.05, 4.69) is 55.4 Å². The summed E-state index contributed by atoms with van der Waals surface area (Å²) in [5, 5.41) is 3.26. The van der Waals surface area contributed by atoms with Crippen LogP contribution in [0.4, 0.5) is 0 Å². The van der Waals surface area contributed by atoms with E-state index in [9.17, 15) is 4.79 Å². The van der Waals surface area contributed by atoms with E-state index < -0.39 is 0 Å². The maximum atomic E-state index is 12.7. The molecular weight excluding hydrogens is 344 g/mol. The van der Waals surface area contributed by atoms with Crippen molar-refractivity contribution in [3.63, 3.8) is 0 Å². The molecular formula is C25H36N2O. The van der Waals surface area contributed by atoms with Crippen molar-refractivity contribution in [2.45, 2.75) is 58.4 Å². The lowest BCUT2D eigenvalue weighted by molar-refractivity contribution is -0.121. The molecule has 0 saturated carbocycles. The van der Waals surface area contributed by atoms with Gasteiger partial charge >= 0.3 is 0 Å². The van der Waals surface area contributed by atoms with Crippen LogP contribution in [0.2, 0.25) is 0 Å². The number of likely N-dealkylation sites (tertiary alicyclic amines) is 1. The van der Waals surface area contributed by atoms with Gasteiger partial charge in [-0.3, -0.25) is 4.79 Å². The first-order valence-corrected chi connectivity index (χ1v) is 10.6. The highest BCUT2D eigenvalue weighted by atomic mass is 16.1. The molecule has 152 valence electrons. The highest BCUT2D eigenvalue weighted by molar-refractivity contribution is 5.77. The SMILES string of the molecule is C=C/C=C(\C(=C)C(CC(C)C)NC(=O)CCc1ccccc1)N1CCCCC1. The molecule has 0 aliphatic carbocycles. The first-order valence-electron chi connectivity index (χ1n) is 10.6. The summed E-state index contributed by atoms with van der Waals surface area (Å²) in [6.07, 6.45) is 9.73. The Balaban J connectivity index is 2.05. The summed E-state index contributed by atoms with van der Waals surface area (Å²) in [7, 11) is 0. The van der Waals surface area contributed by atoms with Gasteiger partial charge in [0.25, 0.3) is 0 Å². The standard InChI is InChI=1S/C25H36N2O/c1-5-12-24(27-17-10-7-11-18-27)21(4)23(19-20(2)3)26-25(28)16-15-22-13-8-6-9-14-22/h5-6,8-9,12-14,20,23H,1,4,7,10-11,15-19H2,2-3H3,(H,26,28)/b24-12+. The normalized spacial score (nSPS) is 16.0. The molecule has 3 nitrogen and oxygen atoms in total. The fourth-order valence-electron chi connectivity index (χ4n) is 3.77. The van der Waals surface area contributed by atoms with Crippen LogP contribution in [0.1, 0.15) is 51.5 Å². The fourth-order valence-corrected chi connectivity index (χ4v) is 3.77. The van der Waals surface area contributed by atoms with E-state index in [0.29, 0.717) is 12.3 Å². The average molecular weight is 381 g/mol. The average Bonchev–Trinajstić information content (AvgIpc) is 2.70. The zero-order valence-electron chi connectivity index (χ0n) is 17.6. The van der Waals surface area contributed by atoms with Crippen LogP contribution in [-0.2, 0) is 11.2 Å². The van der Waals surface area contributed by atoms with Crippen molar-refractivity contribution >= 4 is 5.91 Å². The first-order chi connectivity index (χ1) is 13.5. The monoisotopic (exact) mass is 380 g/mol. The molecule has 0 aromatic heterocycles. The fraction of sp³-hybridized carbons (Fsp3) is 0.480. The van der Waals surface area contributed by atoms with E-state index in [1.807, 2.05) is 24.3 Å². The molecule has 1 aliphatic heterocycles. The Morgan fingerprint density at radius 1 is 1.18 bits per heavy atom. The Bertz CT molecular complexity index is 669. The molecule has 1 unspecified atom stereocenters. The van der Waals surface area contributed by atoms with Gasteiger partial charge in [-0.1, -0.05) is 63.4 Å². The molecule has 3 heteroatoms. The van der Waals surface area contributed by atoms with Crippen LogP contribution < -0.4 is 5.32 Å². The molecule has 1 atom stereocenters. The summed E-state index contributed by atoms with van der Waals surface area (Å²) < 4.78 is 0. The predicted molar refractivity (Wildman–Crippen MR) is 119 cm³/mol. The summed E-state index contributed by atoms with van der Waals surface area (Å²) in [5.74, 6) is 0.565. The molecule has 0 spiro atoms. The maximum absolute atomic E-state index is 12.7. The lowest BCUT2D eigenvalue weighted by Gasteiger charge is -2.35. The zero-order chi connectivity index (χ0) is 20.4. The Hall–Kier alpha value is -2.29. The van der Waals surface area contributed by atoms with E-state index in [0.717, 1.165) is 37.2 Å². The number of hydrogen-bond acceptors (Lipinski definition) is 2. The van der Waals surface area contributed by atoms with Gasteiger partial charge in [0.15, 0.2) is 0 Å². The molecule has 1 heterocycles. The third-order valence-electron chi connectivity index (χ3n) is 5.25. The number of benzene rings is 1. The third kappa shape index (κ3) is 7.03. The van der Waals surface area contributed by atoms with Gasteiger partial charge < -0.3 is 10.2 Å². The maximum Gasteiger partial charge on any atom is 0.220 e. The molecule has 1 saturated heterocycles. The minimum absolute atomic E-state index is 0.0450. The number of piperidine rings is 1. The highest BCUT2D eigenvalue weighted by Crippen LogP contribution is 2.25. The van der Waals surface area contributed by atoms with E-state index >= 15 is 0 Å². The van der Waals surface area contributed by atoms with Crippen LogP contribution in [0.5, 0.6) is 0 Å². The Morgan fingerprint density at radius 3 is 2.46 bits per heavy atom. The number of rotatable bonds is 10. The highest BCUT2D eigenvalue weighted by Gasteiger charge is 2.23. The second kappa shape index (κ2) is 11.5. The second-order valence-electron chi connectivity index (χ2n) is 8.10. The van der Waals surface area contributed by atoms with Crippen molar-refractivity contribution in [3.05, 3.63) is 72.5 Å². The number of carbonyl (C=O) groups excluding carboxylic acids is 1. The molecule has 1 amide bonds. The molecule has 1 aliphatic rings. The van der Waals surface area contributed by atoms with Crippen LogP contribution in [0.15, 0.2) is 66.9 Å². The van der Waals surface area contributed by atoms with E-state index in [4.69, 9.17) is 0 Å². The minimum Gasteiger partial charge on any atom is -0.371 e. The van der Waals surface area contributed by atoms with Crippen molar-refractivity contribution in [1.29, 1.82) is 0 Å². The van der Waals surface area contributed by atoms with Gasteiger partial charge in [0.05, 0.1) is 6.04 Å². The lowest BCUT2D eigenvalue weighted by atomic mass is 9.94. The number of allylic oxidation sites excluding steroid dienone is 2. The van der Waals surface area contributed by atoms with Crippen LogP contribution in [0.3, 0.4) is 0 Å². The number of nitrogens with zero attached hydrogens (tertiary/aromatic N) is 1. The van der Waals surface area contributed by atoms with E-state index in [-0.39, 0.29) is 11.9 Å². The summed E-state index contributed by atoms with van der Waals surface area (Å²) in [4.78, 5) is 15.1. The smallest absolute Gasteiger partial charge is 0.220 e. The Morgan fingerprint density at radius 2 is 1.86 bits per heavy atom. The molecule has 1 aromatic carbocycles. The van der Waals surface area contributed by atoms with Crippen molar-refractivity contribution in [2.75, 3.05) is 13.1 Å². The number of aryl methyl sites for hydroxylation is 1. The molecule has 0 bridgehead atoms. The minimum atomic E-state index is -0.0450. The molecule has 1 N–H and O–H groups in total. The van der Waals surface area contributed by atoms with Gasteiger partial charge in [0, 0.05) is 25.2 Å². The van der Waals surface area contributed by atoms with Crippen LogP contribution in [0.25, 0.3) is 0 Å². The summed E-state index contributed by atoms with van der Waals surface area (Å²) in [6, 6.07) is 10.1. The quantitative estimate of drug-likeness (QED) is 0.561. The van der Waals surface area contributed by atoms with Crippen LogP contribution >= 0.6 is 0 Å². The number of carbonyl (C=O) groups is 1. The number of nitrogens with one attached hydrogen (secondary N) is 1. The van der Waals surface area contributed by atoms with Gasteiger partial charge in [-0.05, 0) is 55.2 Å². The van der Waals surface area contributed by atoms with Gasteiger partial charge in [-0.2, -0.15) is 0 Å². The summed E-state index contributed by atoms with van der Waals surface area (Å²) >= 11 is 0. The Labute approximate surface area is 171 Å². The van der Waals surface area contributed by atoms with Crippen LogP contribution in [-0.4, -0.2) is 29.9 Å². The first kappa shape index (κ1) is 22.0. The predicted octanol–water partition coefficient (Wildman–Crippen LogP) is 5.26. The summed E-state index contributed by atoms with van der Waals surface area (Å²) in [6.45, 7) is 14.8. The van der Waals surface area contributed by atoms with Crippen LogP contribution in [0, 0.1) is 5.92 Å². The zero-order valence-corrected chi connectivity index (χ0v) is 17.6. The third-order valence-corrected chi connectivity index (χ3v) is 5.25. The van der Waals surface area contributed by atoms with E-state index in [1.165, 1.54) is 24.8 Å². The number of amides is 1. The number of hydrogen-bond donors (Lipinski definition) is 1. The Kier molecular flexibility index (Phi) is 9.06. The van der Waals surface area contributed by atoms with Crippen molar-refractivity contribution in [3.8, 4) is 0 Å². The van der Waals surface area contributed by atoms with Gasteiger partial charge in [-0.15, -0.1) is 0 Å². The van der Waals surface area contributed by atoms with Gasteiger partial charge in [-0.25, -0.2) is 0 Å².